The monoisotopic (exact) mass is 281 g/mol. The Kier molecular flexibility index (Phi) is 3.65. The summed E-state index contributed by atoms with van der Waals surface area (Å²) in [6.45, 7) is 1.45. The Bertz CT molecular complexity index is 556. The van der Waals surface area contributed by atoms with Crippen molar-refractivity contribution in [2.45, 2.75) is 25.3 Å². The average molecular weight is 281 g/mol. The van der Waals surface area contributed by atoms with E-state index < -0.39 is 23.2 Å². The van der Waals surface area contributed by atoms with Crippen molar-refractivity contribution in [2.24, 2.45) is 5.92 Å². The van der Waals surface area contributed by atoms with Gasteiger partial charge in [0.2, 0.25) is 0 Å². The van der Waals surface area contributed by atoms with Gasteiger partial charge in [-0.1, -0.05) is 6.07 Å². The van der Waals surface area contributed by atoms with Crippen LogP contribution < -0.4 is 10.1 Å². The van der Waals surface area contributed by atoms with Gasteiger partial charge in [-0.15, -0.1) is 0 Å². The van der Waals surface area contributed by atoms with Crippen molar-refractivity contribution in [2.75, 3.05) is 7.11 Å². The van der Waals surface area contributed by atoms with E-state index in [0.29, 0.717) is 0 Å². The van der Waals surface area contributed by atoms with Gasteiger partial charge in [-0.25, -0.2) is 9.18 Å². The highest BCUT2D eigenvalue weighted by Crippen LogP contribution is 2.40. The van der Waals surface area contributed by atoms with Gasteiger partial charge in [0.1, 0.15) is 5.54 Å². The largest absolute Gasteiger partial charge is 0.494 e. The number of methoxy groups -OCH3 is 1. The summed E-state index contributed by atoms with van der Waals surface area (Å²) in [6, 6.07) is 4.16. The Hall–Kier alpha value is -2.11. The Labute approximate surface area is 115 Å². The molecule has 0 heterocycles. The Morgan fingerprint density at radius 3 is 2.60 bits per heavy atom. The van der Waals surface area contributed by atoms with Crippen LogP contribution in [-0.2, 0) is 4.79 Å². The molecule has 0 aromatic heterocycles. The first kappa shape index (κ1) is 14.3. The molecule has 5 nitrogen and oxygen atoms in total. The molecule has 1 aromatic carbocycles. The maximum Gasteiger partial charge on any atom is 0.329 e. The van der Waals surface area contributed by atoms with Crippen molar-refractivity contribution in [1.29, 1.82) is 0 Å². The number of aliphatic carboxylic acids is 1. The van der Waals surface area contributed by atoms with Gasteiger partial charge >= 0.3 is 5.97 Å². The maximum atomic E-state index is 14.0. The molecule has 1 atom stereocenters. The van der Waals surface area contributed by atoms with Crippen LogP contribution in [0.15, 0.2) is 18.2 Å². The molecule has 2 rings (SSSR count). The third-order valence-electron chi connectivity index (χ3n) is 3.64. The molecule has 1 unspecified atom stereocenters. The summed E-state index contributed by atoms with van der Waals surface area (Å²) in [4.78, 5) is 23.5. The number of halogens is 1. The first-order chi connectivity index (χ1) is 9.40. The molecular weight excluding hydrogens is 265 g/mol. The number of hydrogen-bond donors (Lipinski definition) is 2. The molecule has 0 radical (unpaired) electrons. The van der Waals surface area contributed by atoms with Crippen LogP contribution in [0.4, 0.5) is 4.39 Å². The summed E-state index contributed by atoms with van der Waals surface area (Å²) in [5, 5.41) is 11.7. The number of carbonyl (C=O) groups excluding carboxylic acids is 1. The van der Waals surface area contributed by atoms with Crippen LogP contribution in [0.5, 0.6) is 5.75 Å². The molecule has 0 aliphatic heterocycles. The summed E-state index contributed by atoms with van der Waals surface area (Å²) in [7, 11) is 1.30. The molecule has 0 spiro atoms. The topological polar surface area (TPSA) is 75.6 Å². The lowest BCUT2D eigenvalue weighted by molar-refractivity contribution is -0.144. The predicted molar refractivity (Wildman–Crippen MR) is 69.2 cm³/mol. The van der Waals surface area contributed by atoms with Crippen LogP contribution in [-0.4, -0.2) is 29.6 Å². The minimum absolute atomic E-state index is 0.0545. The average Bonchev–Trinajstić information content (AvgIpc) is 3.23. The van der Waals surface area contributed by atoms with Gasteiger partial charge < -0.3 is 15.2 Å². The third kappa shape index (κ3) is 2.45. The molecule has 1 amide bonds. The zero-order valence-corrected chi connectivity index (χ0v) is 11.3. The van der Waals surface area contributed by atoms with Crippen LogP contribution in [0, 0.1) is 11.7 Å². The van der Waals surface area contributed by atoms with Crippen LogP contribution in [0.2, 0.25) is 0 Å². The van der Waals surface area contributed by atoms with E-state index >= 15 is 0 Å². The minimum atomic E-state index is -1.37. The highest BCUT2D eigenvalue weighted by atomic mass is 19.1. The van der Waals surface area contributed by atoms with Gasteiger partial charge in [-0.3, -0.25) is 4.79 Å². The van der Waals surface area contributed by atoms with Crippen molar-refractivity contribution >= 4 is 11.9 Å². The fourth-order valence-corrected chi connectivity index (χ4v) is 2.14. The number of carbonyl (C=O) groups is 2. The third-order valence-corrected chi connectivity index (χ3v) is 3.64. The van der Waals surface area contributed by atoms with Crippen LogP contribution in [0.3, 0.4) is 0 Å². The van der Waals surface area contributed by atoms with Gasteiger partial charge in [0, 0.05) is 0 Å². The number of ether oxygens (including phenoxy) is 1. The van der Waals surface area contributed by atoms with E-state index in [1.807, 2.05) is 0 Å². The second-order valence-electron chi connectivity index (χ2n) is 5.06. The van der Waals surface area contributed by atoms with Crippen molar-refractivity contribution in [3.63, 3.8) is 0 Å². The Balaban J connectivity index is 2.26. The number of benzene rings is 1. The summed E-state index contributed by atoms with van der Waals surface area (Å²) in [5.74, 6) is -2.83. The molecule has 20 heavy (non-hydrogen) atoms. The Morgan fingerprint density at radius 1 is 1.45 bits per heavy atom. The van der Waals surface area contributed by atoms with E-state index in [4.69, 9.17) is 4.74 Å². The van der Waals surface area contributed by atoms with Crippen molar-refractivity contribution in [3.05, 3.63) is 29.6 Å². The van der Waals surface area contributed by atoms with E-state index in [1.54, 1.807) is 0 Å². The smallest absolute Gasteiger partial charge is 0.329 e. The predicted octanol–water partition coefficient (Wildman–Crippen LogP) is 1.82. The first-order valence-electron chi connectivity index (χ1n) is 6.28. The van der Waals surface area contributed by atoms with Gasteiger partial charge in [0.05, 0.1) is 12.7 Å². The molecular formula is C14H16FNO4. The van der Waals surface area contributed by atoms with Crippen LogP contribution >= 0.6 is 0 Å². The highest BCUT2D eigenvalue weighted by molar-refractivity contribution is 5.98. The van der Waals surface area contributed by atoms with E-state index in [1.165, 1.54) is 32.2 Å². The van der Waals surface area contributed by atoms with Crippen molar-refractivity contribution in [3.8, 4) is 5.75 Å². The van der Waals surface area contributed by atoms with Crippen molar-refractivity contribution < 1.29 is 23.8 Å². The van der Waals surface area contributed by atoms with Crippen LogP contribution in [0.25, 0.3) is 0 Å². The van der Waals surface area contributed by atoms with Gasteiger partial charge in [0.25, 0.3) is 5.91 Å². The second-order valence-corrected chi connectivity index (χ2v) is 5.06. The molecule has 108 valence electrons. The summed E-state index contributed by atoms with van der Waals surface area (Å²) < 4.78 is 18.8. The molecule has 1 fully saturated rings. The van der Waals surface area contributed by atoms with E-state index in [0.717, 1.165) is 12.8 Å². The standard InChI is InChI=1S/C14H16FNO4/c1-14(13(18)19,8-6-7-8)16-12(17)9-4-3-5-10(20-2)11(9)15/h3-5,8H,6-7H2,1-2H3,(H,16,17)(H,18,19). The molecule has 1 saturated carbocycles. The van der Waals surface area contributed by atoms with Gasteiger partial charge in [-0.05, 0) is 37.8 Å². The van der Waals surface area contributed by atoms with Crippen LogP contribution in [0.1, 0.15) is 30.1 Å². The number of carboxylic acids is 1. The number of hydrogen-bond acceptors (Lipinski definition) is 3. The zero-order chi connectivity index (χ0) is 14.9. The number of nitrogens with one attached hydrogen (secondary N) is 1. The van der Waals surface area contributed by atoms with Gasteiger partial charge in [0.15, 0.2) is 11.6 Å². The normalized spacial score (nSPS) is 17.1. The summed E-state index contributed by atoms with van der Waals surface area (Å²) in [6.07, 6.45) is 1.48. The zero-order valence-electron chi connectivity index (χ0n) is 11.3. The lowest BCUT2D eigenvalue weighted by atomic mass is 9.95. The number of rotatable bonds is 5. The SMILES string of the molecule is COc1cccc(C(=O)NC(C)(C(=O)O)C2CC2)c1F. The highest BCUT2D eigenvalue weighted by Gasteiger charge is 2.48. The molecule has 1 aliphatic carbocycles. The maximum absolute atomic E-state index is 14.0. The lowest BCUT2D eigenvalue weighted by Crippen LogP contribution is -2.54. The first-order valence-corrected chi connectivity index (χ1v) is 6.28. The Morgan fingerprint density at radius 2 is 2.10 bits per heavy atom. The molecule has 2 N–H and O–H groups in total. The second kappa shape index (κ2) is 5.11. The molecule has 1 aromatic rings. The lowest BCUT2D eigenvalue weighted by Gasteiger charge is -2.26. The van der Waals surface area contributed by atoms with Gasteiger partial charge in [-0.2, -0.15) is 0 Å². The van der Waals surface area contributed by atoms with E-state index in [2.05, 4.69) is 5.32 Å². The fourth-order valence-electron chi connectivity index (χ4n) is 2.14. The van der Waals surface area contributed by atoms with E-state index in [9.17, 15) is 19.1 Å². The number of amides is 1. The quantitative estimate of drug-likeness (QED) is 0.863. The minimum Gasteiger partial charge on any atom is -0.494 e. The molecule has 0 saturated heterocycles. The van der Waals surface area contributed by atoms with Crippen molar-refractivity contribution in [1.82, 2.24) is 5.32 Å². The number of carboxylic acid groups (broad SMARTS) is 1. The summed E-state index contributed by atoms with van der Waals surface area (Å²) in [5.41, 5.74) is -1.59. The fraction of sp³-hybridized carbons (Fsp3) is 0.429. The molecule has 0 bridgehead atoms. The molecule has 1 aliphatic rings. The van der Waals surface area contributed by atoms with E-state index in [-0.39, 0.29) is 17.2 Å². The molecule has 6 heteroatoms. The summed E-state index contributed by atoms with van der Waals surface area (Å²) >= 11 is 0.